The number of nitrogens with zero attached hydrogens (tertiary/aromatic N) is 2. The van der Waals surface area contributed by atoms with Crippen LogP contribution >= 0.6 is 0 Å². The summed E-state index contributed by atoms with van der Waals surface area (Å²) in [5.41, 5.74) is 1.75. The first-order valence-corrected chi connectivity index (χ1v) is 5.80. The summed E-state index contributed by atoms with van der Waals surface area (Å²) in [5.74, 6) is 0. The van der Waals surface area contributed by atoms with Gasteiger partial charge in [-0.3, -0.25) is 4.57 Å². The fraction of sp³-hybridized carbons (Fsp3) is 0.286. The molecule has 0 N–H and O–H groups in total. The van der Waals surface area contributed by atoms with Gasteiger partial charge in [0.2, 0.25) is 0 Å². The van der Waals surface area contributed by atoms with Gasteiger partial charge in [-0.25, -0.2) is 4.79 Å². The van der Waals surface area contributed by atoms with Crippen molar-refractivity contribution in [1.82, 2.24) is 9.55 Å². The summed E-state index contributed by atoms with van der Waals surface area (Å²) in [4.78, 5) is 15.9. The Kier molecular flexibility index (Phi) is 3.38. The van der Waals surface area contributed by atoms with Crippen LogP contribution in [-0.4, -0.2) is 9.55 Å². The van der Waals surface area contributed by atoms with Crippen molar-refractivity contribution in [1.29, 1.82) is 0 Å². The maximum atomic E-state index is 11.8. The molecule has 0 saturated carbocycles. The predicted molar refractivity (Wildman–Crippen MR) is 70.2 cm³/mol. The Bertz CT molecular complexity index is 599. The first-order valence-electron chi connectivity index (χ1n) is 5.80. The third kappa shape index (κ3) is 2.44. The molecule has 88 valence electrons. The molecule has 0 atom stereocenters. The number of hydrogen-bond acceptors (Lipinski definition) is 2. The van der Waals surface area contributed by atoms with Crippen LogP contribution in [0.25, 0.3) is 10.9 Å². The lowest BCUT2D eigenvalue weighted by Crippen LogP contribution is -2.22. The molecule has 0 amide bonds. The van der Waals surface area contributed by atoms with E-state index in [2.05, 4.69) is 11.6 Å². The van der Waals surface area contributed by atoms with E-state index in [9.17, 15) is 4.79 Å². The Morgan fingerprint density at radius 1 is 1.47 bits per heavy atom. The van der Waals surface area contributed by atoms with Gasteiger partial charge < -0.3 is 0 Å². The largest absolute Gasteiger partial charge is 0.348 e. The van der Waals surface area contributed by atoms with Crippen LogP contribution in [-0.2, 0) is 6.54 Å². The summed E-state index contributed by atoms with van der Waals surface area (Å²) < 4.78 is 1.68. The fourth-order valence-electron chi connectivity index (χ4n) is 1.88. The standard InChI is InChI=1S/C14H16N2O/c1-3-4-5-9-16-10-12-11(2)7-6-8-13(12)15-14(16)17/h3,6-8,10H,1,4-5,9H2,2H3. The molecule has 0 aliphatic rings. The normalized spacial score (nSPS) is 10.6. The molecular formula is C14H16N2O. The summed E-state index contributed by atoms with van der Waals surface area (Å²) in [6.45, 7) is 6.40. The van der Waals surface area contributed by atoms with Crippen molar-refractivity contribution in [3.05, 3.63) is 53.1 Å². The van der Waals surface area contributed by atoms with Crippen LogP contribution in [0.2, 0.25) is 0 Å². The minimum Gasteiger partial charge on any atom is -0.299 e. The third-order valence-electron chi connectivity index (χ3n) is 2.86. The molecule has 0 aliphatic heterocycles. The van der Waals surface area contributed by atoms with Crippen LogP contribution < -0.4 is 5.69 Å². The lowest BCUT2D eigenvalue weighted by atomic mass is 10.1. The Morgan fingerprint density at radius 3 is 3.06 bits per heavy atom. The zero-order valence-electron chi connectivity index (χ0n) is 10.0. The van der Waals surface area contributed by atoms with Gasteiger partial charge in [0.25, 0.3) is 0 Å². The van der Waals surface area contributed by atoms with E-state index in [1.165, 1.54) is 0 Å². The second-order valence-corrected chi connectivity index (χ2v) is 4.16. The van der Waals surface area contributed by atoms with Crippen molar-refractivity contribution >= 4 is 10.9 Å². The molecule has 17 heavy (non-hydrogen) atoms. The lowest BCUT2D eigenvalue weighted by Gasteiger charge is -2.07. The van der Waals surface area contributed by atoms with Crippen molar-refractivity contribution in [2.75, 3.05) is 0 Å². The molecular weight excluding hydrogens is 212 g/mol. The minimum absolute atomic E-state index is 0.174. The molecule has 0 bridgehead atoms. The lowest BCUT2D eigenvalue weighted by molar-refractivity contribution is 0.619. The maximum Gasteiger partial charge on any atom is 0.348 e. The number of benzene rings is 1. The van der Waals surface area contributed by atoms with Gasteiger partial charge in [0.1, 0.15) is 0 Å². The van der Waals surface area contributed by atoms with Gasteiger partial charge in [0.05, 0.1) is 5.52 Å². The first kappa shape index (κ1) is 11.6. The van der Waals surface area contributed by atoms with Crippen LogP contribution in [0.1, 0.15) is 18.4 Å². The molecule has 0 spiro atoms. The molecule has 1 aromatic heterocycles. The van der Waals surface area contributed by atoms with E-state index in [1.807, 2.05) is 37.4 Å². The van der Waals surface area contributed by atoms with Crippen molar-refractivity contribution < 1.29 is 0 Å². The molecule has 3 heteroatoms. The van der Waals surface area contributed by atoms with E-state index >= 15 is 0 Å². The topological polar surface area (TPSA) is 34.9 Å². The monoisotopic (exact) mass is 228 g/mol. The van der Waals surface area contributed by atoms with Gasteiger partial charge in [0, 0.05) is 18.1 Å². The molecule has 1 heterocycles. The maximum absolute atomic E-state index is 11.8. The van der Waals surface area contributed by atoms with Gasteiger partial charge >= 0.3 is 5.69 Å². The van der Waals surface area contributed by atoms with Crippen LogP contribution in [0.3, 0.4) is 0 Å². The molecule has 0 saturated heterocycles. The highest BCUT2D eigenvalue weighted by molar-refractivity contribution is 5.80. The van der Waals surface area contributed by atoms with E-state index in [0.29, 0.717) is 6.54 Å². The van der Waals surface area contributed by atoms with Crippen molar-refractivity contribution in [2.45, 2.75) is 26.3 Å². The average Bonchev–Trinajstić information content (AvgIpc) is 2.31. The van der Waals surface area contributed by atoms with E-state index < -0.39 is 0 Å². The van der Waals surface area contributed by atoms with E-state index in [0.717, 1.165) is 29.3 Å². The third-order valence-corrected chi connectivity index (χ3v) is 2.86. The number of fused-ring (bicyclic) bond motifs is 1. The minimum atomic E-state index is -0.174. The molecule has 2 rings (SSSR count). The second kappa shape index (κ2) is 4.95. The van der Waals surface area contributed by atoms with Gasteiger partial charge in [-0.05, 0) is 31.4 Å². The Balaban J connectivity index is 2.43. The van der Waals surface area contributed by atoms with Crippen LogP contribution in [0.15, 0.2) is 41.8 Å². The summed E-state index contributed by atoms with van der Waals surface area (Å²) in [6.07, 6.45) is 5.61. The van der Waals surface area contributed by atoms with Crippen LogP contribution in [0.5, 0.6) is 0 Å². The number of aryl methyl sites for hydroxylation is 2. The van der Waals surface area contributed by atoms with E-state index in [4.69, 9.17) is 0 Å². The van der Waals surface area contributed by atoms with Crippen molar-refractivity contribution in [2.24, 2.45) is 0 Å². The average molecular weight is 228 g/mol. The number of rotatable bonds is 4. The predicted octanol–water partition coefficient (Wildman–Crippen LogP) is 2.67. The Labute approximate surface area is 100 Å². The summed E-state index contributed by atoms with van der Waals surface area (Å²) >= 11 is 0. The second-order valence-electron chi connectivity index (χ2n) is 4.16. The number of allylic oxidation sites excluding steroid dienone is 1. The number of unbranched alkanes of at least 4 members (excludes halogenated alkanes) is 1. The van der Waals surface area contributed by atoms with Gasteiger partial charge in [0.15, 0.2) is 0 Å². The van der Waals surface area contributed by atoms with Crippen LogP contribution in [0.4, 0.5) is 0 Å². The summed E-state index contributed by atoms with van der Waals surface area (Å²) in [7, 11) is 0. The highest BCUT2D eigenvalue weighted by atomic mass is 16.1. The zero-order valence-corrected chi connectivity index (χ0v) is 10.0. The van der Waals surface area contributed by atoms with Crippen LogP contribution in [0, 0.1) is 6.92 Å². The molecule has 1 aromatic carbocycles. The Hall–Kier alpha value is -1.90. The smallest absolute Gasteiger partial charge is 0.299 e. The number of aromatic nitrogens is 2. The highest BCUT2D eigenvalue weighted by Gasteiger charge is 2.02. The Morgan fingerprint density at radius 2 is 2.29 bits per heavy atom. The molecule has 0 radical (unpaired) electrons. The van der Waals surface area contributed by atoms with E-state index in [1.54, 1.807) is 4.57 Å². The summed E-state index contributed by atoms with van der Waals surface area (Å²) in [5, 5.41) is 1.05. The molecule has 3 nitrogen and oxygen atoms in total. The van der Waals surface area contributed by atoms with E-state index in [-0.39, 0.29) is 5.69 Å². The van der Waals surface area contributed by atoms with Gasteiger partial charge in [-0.15, -0.1) is 6.58 Å². The molecule has 0 fully saturated rings. The zero-order chi connectivity index (χ0) is 12.3. The molecule has 2 aromatic rings. The van der Waals surface area contributed by atoms with Gasteiger partial charge in [-0.1, -0.05) is 18.2 Å². The summed E-state index contributed by atoms with van der Waals surface area (Å²) in [6, 6.07) is 5.83. The van der Waals surface area contributed by atoms with Crippen molar-refractivity contribution in [3.63, 3.8) is 0 Å². The van der Waals surface area contributed by atoms with Gasteiger partial charge in [-0.2, -0.15) is 4.98 Å². The molecule has 0 unspecified atom stereocenters. The number of hydrogen-bond donors (Lipinski definition) is 0. The molecule has 0 aliphatic carbocycles. The fourth-order valence-corrected chi connectivity index (χ4v) is 1.88. The highest BCUT2D eigenvalue weighted by Crippen LogP contribution is 2.13. The SMILES string of the molecule is C=CCCCn1cc2c(C)cccc2nc1=O. The first-order chi connectivity index (χ1) is 8.22. The quantitative estimate of drug-likeness (QED) is 0.595. The van der Waals surface area contributed by atoms with Crippen molar-refractivity contribution in [3.8, 4) is 0 Å².